The number of rotatable bonds is 6. The van der Waals surface area contributed by atoms with Gasteiger partial charge in [0.15, 0.2) is 0 Å². The molecule has 1 unspecified atom stereocenters. The summed E-state index contributed by atoms with van der Waals surface area (Å²) in [6.07, 6.45) is 1.95. The van der Waals surface area contributed by atoms with Crippen LogP contribution in [0.25, 0.3) is 0 Å². The summed E-state index contributed by atoms with van der Waals surface area (Å²) in [5.74, 6) is 0.190. The summed E-state index contributed by atoms with van der Waals surface area (Å²) in [6, 6.07) is 7.60. The van der Waals surface area contributed by atoms with Crippen LogP contribution in [0.2, 0.25) is 0 Å². The fourth-order valence-corrected chi connectivity index (χ4v) is 1.69. The number of benzene rings is 1. The number of aliphatic hydroxyl groups excluding tert-OH is 1. The lowest BCUT2D eigenvalue weighted by molar-refractivity contribution is -0.124. The fraction of sp³-hybridized carbons (Fsp3) is 0.500. The third-order valence-corrected chi connectivity index (χ3v) is 2.84. The number of hydrogen-bond donors (Lipinski definition) is 2. The molecule has 1 atom stereocenters. The van der Waals surface area contributed by atoms with Crippen molar-refractivity contribution >= 4 is 5.91 Å². The summed E-state index contributed by atoms with van der Waals surface area (Å²) >= 11 is 0. The van der Waals surface area contributed by atoms with Gasteiger partial charge in [-0.2, -0.15) is 0 Å². The molecule has 0 saturated heterocycles. The molecule has 0 aliphatic heterocycles. The molecule has 0 heterocycles. The lowest BCUT2D eigenvalue weighted by atomic mass is 10.1. The van der Waals surface area contributed by atoms with Gasteiger partial charge in [0, 0.05) is 12.5 Å². The van der Waals surface area contributed by atoms with E-state index in [0.717, 1.165) is 24.0 Å². The van der Waals surface area contributed by atoms with E-state index in [1.54, 1.807) is 0 Å². The molecule has 1 rings (SSSR count). The maximum Gasteiger partial charge on any atom is 0.223 e. The minimum Gasteiger partial charge on any atom is -0.392 e. The van der Waals surface area contributed by atoms with E-state index in [0.29, 0.717) is 6.54 Å². The number of amides is 1. The minimum atomic E-state index is 0.0557. The van der Waals surface area contributed by atoms with Crippen LogP contribution >= 0.6 is 0 Å². The molecule has 3 heteroatoms. The smallest absolute Gasteiger partial charge is 0.223 e. The Hall–Kier alpha value is -1.35. The molecule has 94 valence electrons. The third-order valence-electron chi connectivity index (χ3n) is 2.84. The van der Waals surface area contributed by atoms with Gasteiger partial charge in [-0.15, -0.1) is 0 Å². The highest BCUT2D eigenvalue weighted by atomic mass is 16.3. The second-order valence-corrected chi connectivity index (χ2v) is 4.38. The molecule has 1 amide bonds. The molecule has 0 aromatic heterocycles. The van der Waals surface area contributed by atoms with E-state index in [2.05, 4.69) is 12.2 Å². The van der Waals surface area contributed by atoms with E-state index in [1.807, 2.05) is 31.2 Å². The number of aliphatic hydroxyl groups is 1. The van der Waals surface area contributed by atoms with Crippen molar-refractivity contribution in [3.05, 3.63) is 35.4 Å². The molecule has 1 aromatic carbocycles. The summed E-state index contributed by atoms with van der Waals surface area (Å²) in [4.78, 5) is 11.7. The Labute approximate surface area is 103 Å². The number of carbonyl (C=O) groups excluding carboxylic acids is 1. The molecule has 2 N–H and O–H groups in total. The topological polar surface area (TPSA) is 49.3 Å². The van der Waals surface area contributed by atoms with Gasteiger partial charge in [0.1, 0.15) is 0 Å². The van der Waals surface area contributed by atoms with Crippen LogP contribution in [0.15, 0.2) is 24.3 Å². The highest BCUT2D eigenvalue weighted by Crippen LogP contribution is 2.07. The maximum absolute atomic E-state index is 11.7. The Morgan fingerprint density at radius 3 is 2.41 bits per heavy atom. The van der Waals surface area contributed by atoms with Crippen molar-refractivity contribution in [1.29, 1.82) is 0 Å². The Kier molecular flexibility index (Phi) is 5.70. The average Bonchev–Trinajstić information content (AvgIpc) is 2.36. The minimum absolute atomic E-state index is 0.0557. The Morgan fingerprint density at radius 2 is 1.88 bits per heavy atom. The van der Waals surface area contributed by atoms with Gasteiger partial charge in [-0.05, 0) is 17.5 Å². The van der Waals surface area contributed by atoms with Crippen molar-refractivity contribution in [2.45, 2.75) is 39.8 Å². The molecular weight excluding hydrogens is 214 g/mol. The van der Waals surface area contributed by atoms with Crippen LogP contribution in [0.5, 0.6) is 0 Å². The molecule has 0 fully saturated rings. The van der Waals surface area contributed by atoms with Crippen molar-refractivity contribution in [1.82, 2.24) is 5.32 Å². The Bertz CT molecular complexity index is 346. The Morgan fingerprint density at radius 1 is 1.29 bits per heavy atom. The zero-order valence-corrected chi connectivity index (χ0v) is 10.6. The van der Waals surface area contributed by atoms with E-state index >= 15 is 0 Å². The number of carbonyl (C=O) groups is 1. The lowest BCUT2D eigenvalue weighted by Crippen LogP contribution is -2.28. The van der Waals surface area contributed by atoms with Crippen LogP contribution < -0.4 is 5.32 Å². The summed E-state index contributed by atoms with van der Waals surface area (Å²) in [5.41, 5.74) is 1.94. The van der Waals surface area contributed by atoms with Crippen LogP contribution in [0, 0.1) is 5.92 Å². The first-order valence-electron chi connectivity index (χ1n) is 6.13. The van der Waals surface area contributed by atoms with Crippen molar-refractivity contribution < 1.29 is 9.90 Å². The third kappa shape index (κ3) is 4.57. The normalized spacial score (nSPS) is 12.2. The maximum atomic E-state index is 11.7. The summed E-state index contributed by atoms with van der Waals surface area (Å²) in [7, 11) is 0. The van der Waals surface area contributed by atoms with Crippen molar-refractivity contribution in [2.24, 2.45) is 5.92 Å². The first kappa shape index (κ1) is 13.7. The van der Waals surface area contributed by atoms with Gasteiger partial charge in [0.2, 0.25) is 5.91 Å². The van der Waals surface area contributed by atoms with E-state index in [1.165, 1.54) is 0 Å². The SMILES string of the molecule is CCCC(C)C(=O)NCc1ccc(CO)cc1. The van der Waals surface area contributed by atoms with E-state index in [4.69, 9.17) is 5.11 Å². The van der Waals surface area contributed by atoms with Crippen LogP contribution in [-0.4, -0.2) is 11.0 Å². The zero-order valence-electron chi connectivity index (χ0n) is 10.6. The van der Waals surface area contributed by atoms with Crippen LogP contribution in [0.1, 0.15) is 37.8 Å². The molecule has 0 radical (unpaired) electrons. The van der Waals surface area contributed by atoms with E-state index in [9.17, 15) is 4.79 Å². The lowest BCUT2D eigenvalue weighted by Gasteiger charge is -2.11. The average molecular weight is 235 g/mol. The van der Waals surface area contributed by atoms with Gasteiger partial charge in [-0.3, -0.25) is 4.79 Å². The molecule has 3 nitrogen and oxygen atoms in total. The summed E-state index contributed by atoms with van der Waals surface area (Å²) in [5, 5.41) is 11.8. The highest BCUT2D eigenvalue weighted by Gasteiger charge is 2.10. The van der Waals surface area contributed by atoms with Gasteiger partial charge in [0.05, 0.1) is 6.61 Å². The monoisotopic (exact) mass is 235 g/mol. The van der Waals surface area contributed by atoms with Gasteiger partial charge in [-0.25, -0.2) is 0 Å². The number of hydrogen-bond acceptors (Lipinski definition) is 2. The standard InChI is InChI=1S/C14H21NO2/c1-3-4-11(2)14(17)15-9-12-5-7-13(10-16)8-6-12/h5-8,11,16H,3-4,9-10H2,1-2H3,(H,15,17). The van der Waals surface area contributed by atoms with Gasteiger partial charge >= 0.3 is 0 Å². The molecule has 17 heavy (non-hydrogen) atoms. The molecule has 0 aliphatic rings. The second kappa shape index (κ2) is 7.07. The van der Waals surface area contributed by atoms with Gasteiger partial charge in [-0.1, -0.05) is 44.5 Å². The Balaban J connectivity index is 2.41. The summed E-state index contributed by atoms with van der Waals surface area (Å²) < 4.78 is 0. The molecule has 0 saturated carbocycles. The van der Waals surface area contributed by atoms with Crippen molar-refractivity contribution in [3.63, 3.8) is 0 Å². The molecule has 0 spiro atoms. The predicted octanol–water partition coefficient (Wildman–Crippen LogP) is 2.23. The van der Waals surface area contributed by atoms with Crippen LogP contribution in [-0.2, 0) is 17.9 Å². The quantitative estimate of drug-likeness (QED) is 0.794. The van der Waals surface area contributed by atoms with E-state index < -0.39 is 0 Å². The predicted molar refractivity (Wildman–Crippen MR) is 68.3 cm³/mol. The van der Waals surface area contributed by atoms with Crippen LogP contribution in [0.3, 0.4) is 0 Å². The molecule has 1 aromatic rings. The molecular formula is C14H21NO2. The van der Waals surface area contributed by atoms with E-state index in [-0.39, 0.29) is 18.4 Å². The molecule has 0 bridgehead atoms. The van der Waals surface area contributed by atoms with Gasteiger partial charge in [0.25, 0.3) is 0 Å². The van der Waals surface area contributed by atoms with Crippen molar-refractivity contribution in [2.75, 3.05) is 0 Å². The first-order chi connectivity index (χ1) is 8.17. The van der Waals surface area contributed by atoms with Crippen molar-refractivity contribution in [3.8, 4) is 0 Å². The largest absolute Gasteiger partial charge is 0.392 e. The highest BCUT2D eigenvalue weighted by molar-refractivity contribution is 5.78. The second-order valence-electron chi connectivity index (χ2n) is 4.38. The van der Waals surface area contributed by atoms with Crippen LogP contribution in [0.4, 0.5) is 0 Å². The number of nitrogens with one attached hydrogen (secondary N) is 1. The zero-order chi connectivity index (χ0) is 12.7. The fourth-order valence-electron chi connectivity index (χ4n) is 1.69. The van der Waals surface area contributed by atoms with Gasteiger partial charge < -0.3 is 10.4 Å². The summed E-state index contributed by atoms with van der Waals surface area (Å²) in [6.45, 7) is 4.64. The molecule has 0 aliphatic carbocycles. The first-order valence-corrected chi connectivity index (χ1v) is 6.13.